The van der Waals surface area contributed by atoms with Crippen LogP contribution in [0.4, 0.5) is 0 Å². The van der Waals surface area contributed by atoms with Crippen LogP contribution in [0.5, 0.6) is 0 Å². The van der Waals surface area contributed by atoms with Gasteiger partial charge < -0.3 is 0 Å². The summed E-state index contributed by atoms with van der Waals surface area (Å²) in [7, 11) is -3.45. The lowest BCUT2D eigenvalue weighted by atomic mass is 10.1. The first kappa shape index (κ1) is 13.1. The van der Waals surface area contributed by atoms with Gasteiger partial charge in [-0.25, -0.2) is 13.1 Å². The van der Waals surface area contributed by atoms with Gasteiger partial charge in [-0.05, 0) is 42.5 Å². The van der Waals surface area contributed by atoms with Crippen molar-refractivity contribution < 1.29 is 8.42 Å². The minimum absolute atomic E-state index is 0.0267. The van der Waals surface area contributed by atoms with E-state index in [2.05, 4.69) is 4.72 Å². The summed E-state index contributed by atoms with van der Waals surface area (Å²) < 4.78 is 26.5. The number of sulfonamides is 1. The lowest BCUT2D eigenvalue weighted by Crippen LogP contribution is -2.31. The highest BCUT2D eigenvalue weighted by Crippen LogP contribution is 2.46. The molecule has 1 aromatic carbocycles. The Morgan fingerprint density at radius 2 is 1.82 bits per heavy atom. The number of halogens is 2. The molecule has 0 bridgehead atoms. The molecule has 1 aliphatic carbocycles. The Morgan fingerprint density at radius 1 is 1.24 bits per heavy atom. The number of nitrogens with one attached hydrogen (secondary N) is 1. The number of hydrogen-bond acceptors (Lipinski definition) is 2. The molecule has 0 unspecified atom stereocenters. The molecule has 0 spiro atoms. The second-order valence-corrected chi connectivity index (χ2v) is 6.88. The molecule has 0 heterocycles. The first-order chi connectivity index (χ1) is 7.97. The topological polar surface area (TPSA) is 46.2 Å². The van der Waals surface area contributed by atoms with Crippen molar-refractivity contribution in [2.75, 3.05) is 12.4 Å². The zero-order valence-corrected chi connectivity index (χ0v) is 11.4. The third-order valence-corrected chi connectivity index (χ3v) is 5.24. The summed E-state index contributed by atoms with van der Waals surface area (Å²) in [5.41, 5.74) is -0.0267. The molecular formula is C11H13Cl2NO2S. The summed E-state index contributed by atoms with van der Waals surface area (Å²) in [6.45, 7) is 0.404. The van der Waals surface area contributed by atoms with Crippen LogP contribution in [0.25, 0.3) is 0 Å². The van der Waals surface area contributed by atoms with Crippen molar-refractivity contribution in [3.63, 3.8) is 0 Å². The fraction of sp³-hybridized carbons (Fsp3) is 0.455. The molecule has 94 valence electrons. The standard InChI is InChI=1S/C11H13Cl2NO2S/c12-7-11(5-6-11)8-14-17(15,16)10-3-1-9(13)2-4-10/h1-4,14H,5-8H2. The predicted molar refractivity (Wildman–Crippen MR) is 69.0 cm³/mol. The van der Waals surface area contributed by atoms with E-state index in [4.69, 9.17) is 23.2 Å². The van der Waals surface area contributed by atoms with E-state index in [1.54, 1.807) is 12.1 Å². The maximum Gasteiger partial charge on any atom is 0.240 e. The van der Waals surface area contributed by atoms with Gasteiger partial charge in [-0.15, -0.1) is 11.6 Å². The number of rotatable bonds is 5. The largest absolute Gasteiger partial charge is 0.240 e. The third kappa shape index (κ3) is 3.13. The summed E-state index contributed by atoms with van der Waals surface area (Å²) in [6.07, 6.45) is 1.97. The molecule has 17 heavy (non-hydrogen) atoms. The van der Waals surface area contributed by atoms with E-state index in [-0.39, 0.29) is 10.3 Å². The molecule has 1 saturated carbocycles. The zero-order valence-electron chi connectivity index (χ0n) is 9.12. The van der Waals surface area contributed by atoms with Crippen molar-refractivity contribution in [2.24, 2.45) is 5.41 Å². The SMILES string of the molecule is O=S(=O)(NCC1(CCl)CC1)c1ccc(Cl)cc1. The second kappa shape index (κ2) is 4.76. The van der Waals surface area contributed by atoms with Gasteiger partial charge in [0.05, 0.1) is 4.90 Å². The summed E-state index contributed by atoms with van der Waals surface area (Å²) in [4.78, 5) is 0.229. The van der Waals surface area contributed by atoms with Gasteiger partial charge in [0.25, 0.3) is 0 Å². The highest BCUT2D eigenvalue weighted by molar-refractivity contribution is 7.89. The van der Waals surface area contributed by atoms with Crippen molar-refractivity contribution in [1.29, 1.82) is 0 Å². The van der Waals surface area contributed by atoms with Crippen LogP contribution in [-0.2, 0) is 10.0 Å². The first-order valence-electron chi connectivity index (χ1n) is 5.29. The van der Waals surface area contributed by atoms with E-state index < -0.39 is 10.0 Å². The molecule has 0 amide bonds. The van der Waals surface area contributed by atoms with Gasteiger partial charge in [0.2, 0.25) is 10.0 Å². The molecule has 1 N–H and O–H groups in total. The minimum atomic E-state index is -3.45. The average molecular weight is 294 g/mol. The Morgan fingerprint density at radius 3 is 2.29 bits per heavy atom. The van der Waals surface area contributed by atoms with Crippen molar-refractivity contribution in [1.82, 2.24) is 4.72 Å². The maximum atomic E-state index is 11.9. The smallest absolute Gasteiger partial charge is 0.211 e. The Balaban J connectivity index is 2.06. The van der Waals surface area contributed by atoms with Crippen LogP contribution in [0.15, 0.2) is 29.2 Å². The summed E-state index contributed by atoms with van der Waals surface area (Å²) in [5, 5.41) is 0.517. The van der Waals surface area contributed by atoms with Gasteiger partial charge >= 0.3 is 0 Å². The molecule has 1 aromatic rings. The molecule has 1 aliphatic rings. The fourth-order valence-corrected chi connectivity index (χ4v) is 3.12. The Labute approximate surface area is 111 Å². The molecule has 2 rings (SSSR count). The van der Waals surface area contributed by atoms with Crippen molar-refractivity contribution in [3.8, 4) is 0 Å². The number of hydrogen-bond donors (Lipinski definition) is 1. The second-order valence-electron chi connectivity index (χ2n) is 4.41. The molecule has 3 nitrogen and oxygen atoms in total. The van der Waals surface area contributed by atoms with Gasteiger partial charge in [-0.1, -0.05) is 11.6 Å². The predicted octanol–water partition coefficient (Wildman–Crippen LogP) is 2.64. The van der Waals surface area contributed by atoms with E-state index in [0.717, 1.165) is 12.8 Å². The van der Waals surface area contributed by atoms with Gasteiger partial charge in [-0.3, -0.25) is 0 Å². The van der Waals surface area contributed by atoms with Crippen molar-refractivity contribution in [2.45, 2.75) is 17.7 Å². The first-order valence-corrected chi connectivity index (χ1v) is 7.68. The molecule has 0 atom stereocenters. The Kier molecular flexibility index (Phi) is 3.69. The Hall–Kier alpha value is -0.290. The molecule has 0 aliphatic heterocycles. The summed E-state index contributed by atoms with van der Waals surface area (Å²) in [6, 6.07) is 6.10. The van der Waals surface area contributed by atoms with Gasteiger partial charge in [0.15, 0.2) is 0 Å². The summed E-state index contributed by atoms with van der Waals surface area (Å²) in [5.74, 6) is 0.496. The van der Waals surface area contributed by atoms with Crippen LogP contribution in [-0.4, -0.2) is 20.8 Å². The molecule has 6 heteroatoms. The molecule has 0 saturated heterocycles. The third-order valence-electron chi connectivity index (χ3n) is 3.00. The van der Waals surface area contributed by atoms with Crippen LogP contribution in [0, 0.1) is 5.41 Å². The minimum Gasteiger partial charge on any atom is -0.211 e. The normalized spacial score (nSPS) is 18.0. The quantitative estimate of drug-likeness (QED) is 0.849. The lowest BCUT2D eigenvalue weighted by molar-refractivity contribution is 0.534. The number of benzene rings is 1. The van der Waals surface area contributed by atoms with Crippen LogP contribution in [0.2, 0.25) is 5.02 Å². The maximum absolute atomic E-state index is 11.9. The molecule has 0 radical (unpaired) electrons. The van der Waals surface area contributed by atoms with E-state index in [1.165, 1.54) is 12.1 Å². The van der Waals surface area contributed by atoms with Gasteiger partial charge in [0, 0.05) is 17.4 Å². The summed E-state index contributed by atoms with van der Waals surface area (Å²) >= 11 is 11.5. The van der Waals surface area contributed by atoms with Crippen molar-refractivity contribution in [3.05, 3.63) is 29.3 Å². The number of alkyl halides is 1. The molecule has 0 aromatic heterocycles. The highest BCUT2D eigenvalue weighted by Gasteiger charge is 2.42. The Bertz CT molecular complexity index is 495. The van der Waals surface area contributed by atoms with Crippen LogP contribution < -0.4 is 4.72 Å². The van der Waals surface area contributed by atoms with Gasteiger partial charge in [0.1, 0.15) is 0 Å². The fourth-order valence-electron chi connectivity index (χ4n) is 1.48. The van der Waals surface area contributed by atoms with E-state index in [0.29, 0.717) is 17.4 Å². The lowest BCUT2D eigenvalue weighted by Gasteiger charge is -2.12. The zero-order chi connectivity index (χ0) is 12.5. The monoisotopic (exact) mass is 293 g/mol. The molecule has 1 fully saturated rings. The van der Waals surface area contributed by atoms with E-state index >= 15 is 0 Å². The highest BCUT2D eigenvalue weighted by atomic mass is 35.5. The van der Waals surface area contributed by atoms with E-state index in [1.807, 2.05) is 0 Å². The van der Waals surface area contributed by atoms with Gasteiger partial charge in [-0.2, -0.15) is 0 Å². The van der Waals surface area contributed by atoms with Crippen molar-refractivity contribution >= 4 is 33.2 Å². The van der Waals surface area contributed by atoms with E-state index in [9.17, 15) is 8.42 Å². The van der Waals surface area contributed by atoms with Crippen LogP contribution >= 0.6 is 23.2 Å². The van der Waals surface area contributed by atoms with Crippen LogP contribution in [0.3, 0.4) is 0 Å². The average Bonchev–Trinajstić information content (AvgIpc) is 3.08. The van der Waals surface area contributed by atoms with Crippen LogP contribution in [0.1, 0.15) is 12.8 Å². The molecular weight excluding hydrogens is 281 g/mol.